The molecule has 0 spiro atoms. The highest BCUT2D eigenvalue weighted by Gasteiger charge is 2.30. The standard InChI is InChI=1S/C24H27F3N2O/c1-5-7-10-19-15-21(17(4)28-22(19)13-8-6-2)23(30)29-16(3)18-11-9-12-20(14-18)24(25,26)27/h5,7,9-16H,6,8H2,1-4H3,(H,29,30)/b7-5-,19-10-,22-13-. The Morgan fingerprint density at radius 3 is 2.63 bits per heavy atom. The van der Waals surface area contributed by atoms with Crippen LogP contribution in [0.15, 0.2) is 42.5 Å². The molecule has 1 N–H and O–H groups in total. The van der Waals surface area contributed by atoms with Gasteiger partial charge in [0.25, 0.3) is 5.91 Å². The van der Waals surface area contributed by atoms with Crippen molar-refractivity contribution in [3.63, 3.8) is 0 Å². The predicted octanol–water partition coefficient (Wildman–Crippen LogP) is 4.84. The van der Waals surface area contributed by atoms with Crippen molar-refractivity contribution in [2.75, 3.05) is 0 Å². The Labute approximate surface area is 175 Å². The maximum Gasteiger partial charge on any atom is 0.416 e. The Morgan fingerprint density at radius 1 is 1.27 bits per heavy atom. The van der Waals surface area contributed by atoms with Gasteiger partial charge in [0.15, 0.2) is 0 Å². The lowest BCUT2D eigenvalue weighted by Crippen LogP contribution is -2.34. The van der Waals surface area contributed by atoms with E-state index in [0.717, 1.165) is 35.5 Å². The van der Waals surface area contributed by atoms with Crippen LogP contribution < -0.4 is 15.9 Å². The van der Waals surface area contributed by atoms with E-state index in [0.29, 0.717) is 16.8 Å². The number of allylic oxidation sites excluding steroid dienone is 2. The van der Waals surface area contributed by atoms with E-state index >= 15 is 0 Å². The van der Waals surface area contributed by atoms with Gasteiger partial charge in [0, 0.05) is 5.22 Å². The van der Waals surface area contributed by atoms with Gasteiger partial charge in [0.2, 0.25) is 0 Å². The average Bonchev–Trinajstić information content (AvgIpc) is 2.70. The maximum absolute atomic E-state index is 13.0. The highest BCUT2D eigenvalue weighted by atomic mass is 19.4. The first-order valence-corrected chi connectivity index (χ1v) is 9.96. The van der Waals surface area contributed by atoms with Crippen molar-refractivity contribution in [3.05, 3.63) is 75.4 Å². The third kappa shape index (κ3) is 6.05. The molecule has 0 fully saturated rings. The third-order valence-corrected chi connectivity index (χ3v) is 4.67. The second-order valence-corrected chi connectivity index (χ2v) is 7.10. The van der Waals surface area contributed by atoms with Gasteiger partial charge in [0.1, 0.15) is 0 Å². The van der Waals surface area contributed by atoms with Crippen LogP contribution in [0.4, 0.5) is 13.2 Å². The van der Waals surface area contributed by atoms with Gasteiger partial charge < -0.3 is 5.32 Å². The molecule has 6 heteroatoms. The lowest BCUT2D eigenvalue weighted by atomic mass is 10.0. The maximum atomic E-state index is 13.0. The molecule has 1 aromatic heterocycles. The second kappa shape index (κ2) is 10.2. The summed E-state index contributed by atoms with van der Waals surface area (Å²) in [5, 5.41) is 4.43. The van der Waals surface area contributed by atoms with Crippen molar-refractivity contribution in [2.45, 2.75) is 52.8 Å². The number of halogens is 3. The zero-order chi connectivity index (χ0) is 22.3. The van der Waals surface area contributed by atoms with Gasteiger partial charge in [-0.1, -0.05) is 49.8 Å². The number of hydrogen-bond donors (Lipinski definition) is 1. The number of unbranched alkanes of at least 4 members (excludes halogenated alkanes) is 1. The molecule has 1 amide bonds. The molecule has 2 rings (SSSR count). The highest BCUT2D eigenvalue weighted by Crippen LogP contribution is 2.30. The van der Waals surface area contributed by atoms with Crippen molar-refractivity contribution in [2.24, 2.45) is 0 Å². The minimum Gasteiger partial charge on any atom is -0.345 e. The first-order chi connectivity index (χ1) is 14.2. The smallest absolute Gasteiger partial charge is 0.345 e. The number of amides is 1. The zero-order valence-electron chi connectivity index (χ0n) is 17.7. The predicted molar refractivity (Wildman–Crippen MR) is 114 cm³/mol. The summed E-state index contributed by atoms with van der Waals surface area (Å²) in [5.41, 5.74) is 0.623. The van der Waals surface area contributed by atoms with Crippen LogP contribution >= 0.6 is 0 Å². The molecule has 0 saturated heterocycles. The lowest BCUT2D eigenvalue weighted by molar-refractivity contribution is -0.137. The number of nitrogens with one attached hydrogen (secondary N) is 1. The fraction of sp³-hybridized carbons (Fsp3) is 0.333. The molecular formula is C24H27F3N2O. The molecule has 0 aliphatic carbocycles. The largest absolute Gasteiger partial charge is 0.416 e. The summed E-state index contributed by atoms with van der Waals surface area (Å²) in [6, 6.07) is 6.17. The van der Waals surface area contributed by atoms with Gasteiger partial charge in [-0.05, 0) is 51.0 Å². The average molecular weight is 416 g/mol. The van der Waals surface area contributed by atoms with Crippen molar-refractivity contribution in [1.82, 2.24) is 10.3 Å². The van der Waals surface area contributed by atoms with Crippen LogP contribution in [-0.2, 0) is 6.18 Å². The normalized spacial score (nSPS) is 14.4. The lowest BCUT2D eigenvalue weighted by Gasteiger charge is -2.17. The van der Waals surface area contributed by atoms with E-state index in [1.165, 1.54) is 6.07 Å². The van der Waals surface area contributed by atoms with Crippen molar-refractivity contribution >= 4 is 18.1 Å². The summed E-state index contributed by atoms with van der Waals surface area (Å²) in [6.07, 6.45) is 5.13. The first kappa shape index (κ1) is 23.4. The summed E-state index contributed by atoms with van der Waals surface area (Å²) >= 11 is 0. The Bertz CT molecular complexity index is 1040. The molecule has 1 aromatic carbocycles. The van der Waals surface area contributed by atoms with E-state index in [9.17, 15) is 18.0 Å². The Kier molecular flexibility index (Phi) is 7.98. The molecule has 1 atom stereocenters. The van der Waals surface area contributed by atoms with Crippen LogP contribution in [0.25, 0.3) is 12.2 Å². The van der Waals surface area contributed by atoms with Gasteiger partial charge >= 0.3 is 6.18 Å². The van der Waals surface area contributed by atoms with E-state index in [2.05, 4.69) is 17.2 Å². The van der Waals surface area contributed by atoms with Crippen molar-refractivity contribution in [1.29, 1.82) is 0 Å². The summed E-state index contributed by atoms with van der Waals surface area (Å²) < 4.78 is 38.9. The van der Waals surface area contributed by atoms with Gasteiger partial charge in [-0.15, -0.1) is 0 Å². The van der Waals surface area contributed by atoms with Crippen LogP contribution in [0.2, 0.25) is 0 Å². The van der Waals surface area contributed by atoms with E-state index in [-0.39, 0.29) is 5.91 Å². The molecule has 160 valence electrons. The summed E-state index contributed by atoms with van der Waals surface area (Å²) in [5.74, 6) is -0.373. The Morgan fingerprint density at radius 2 is 2.00 bits per heavy atom. The van der Waals surface area contributed by atoms with Crippen molar-refractivity contribution in [3.8, 4) is 0 Å². The number of carbonyl (C=O) groups excluding carboxylic acids is 1. The highest BCUT2D eigenvalue weighted by molar-refractivity contribution is 5.95. The number of alkyl halides is 3. The Hall–Kier alpha value is -2.89. The first-order valence-electron chi connectivity index (χ1n) is 9.96. The zero-order valence-corrected chi connectivity index (χ0v) is 17.7. The van der Waals surface area contributed by atoms with Gasteiger partial charge in [-0.3, -0.25) is 9.78 Å². The molecule has 0 bridgehead atoms. The van der Waals surface area contributed by atoms with E-state index in [4.69, 9.17) is 0 Å². The minimum absolute atomic E-state index is 0.373. The van der Waals surface area contributed by atoms with Crippen LogP contribution in [0.5, 0.6) is 0 Å². The van der Waals surface area contributed by atoms with E-state index in [1.54, 1.807) is 26.0 Å². The van der Waals surface area contributed by atoms with E-state index in [1.807, 2.05) is 31.2 Å². The van der Waals surface area contributed by atoms with Crippen LogP contribution in [0.1, 0.15) is 66.8 Å². The summed E-state index contributed by atoms with van der Waals surface area (Å²) in [4.78, 5) is 17.4. The molecule has 30 heavy (non-hydrogen) atoms. The second-order valence-electron chi connectivity index (χ2n) is 7.10. The summed E-state index contributed by atoms with van der Waals surface area (Å²) in [6.45, 7) is 7.40. The number of pyridine rings is 1. The topological polar surface area (TPSA) is 42.0 Å². The van der Waals surface area contributed by atoms with E-state index < -0.39 is 17.8 Å². The minimum atomic E-state index is -4.43. The molecule has 1 heterocycles. The van der Waals surface area contributed by atoms with Crippen LogP contribution in [-0.4, -0.2) is 10.9 Å². The SMILES string of the molecule is C\C=C/C=c1/cc(C(=O)NC(C)c2cccc(C(F)(F)F)c2)c(C)n/c1=C\CCC. The summed E-state index contributed by atoms with van der Waals surface area (Å²) in [7, 11) is 0. The monoisotopic (exact) mass is 416 g/mol. The molecule has 0 aliphatic rings. The fourth-order valence-electron chi connectivity index (χ4n) is 2.99. The quantitative estimate of drug-likeness (QED) is 0.732. The fourth-order valence-corrected chi connectivity index (χ4v) is 2.99. The number of aromatic nitrogens is 1. The van der Waals surface area contributed by atoms with Gasteiger partial charge in [-0.25, -0.2) is 0 Å². The molecular weight excluding hydrogens is 389 g/mol. The number of benzene rings is 1. The number of rotatable bonds is 6. The Balaban J connectivity index is 2.37. The number of hydrogen-bond acceptors (Lipinski definition) is 2. The van der Waals surface area contributed by atoms with Gasteiger partial charge in [0.05, 0.1) is 28.2 Å². The number of aryl methyl sites for hydroxylation is 1. The number of carbonyl (C=O) groups is 1. The molecule has 0 aliphatic heterocycles. The van der Waals surface area contributed by atoms with Gasteiger partial charge in [-0.2, -0.15) is 13.2 Å². The molecule has 3 nitrogen and oxygen atoms in total. The van der Waals surface area contributed by atoms with Crippen LogP contribution in [0, 0.1) is 6.92 Å². The molecule has 2 aromatic rings. The number of nitrogens with zero attached hydrogens (tertiary/aromatic N) is 1. The third-order valence-electron chi connectivity index (χ3n) is 4.67. The van der Waals surface area contributed by atoms with Crippen LogP contribution in [0.3, 0.4) is 0 Å². The van der Waals surface area contributed by atoms with Crippen molar-refractivity contribution < 1.29 is 18.0 Å². The molecule has 0 radical (unpaired) electrons. The molecule has 0 saturated carbocycles. The molecule has 1 unspecified atom stereocenters.